The number of esters is 1. The first-order valence-electron chi connectivity index (χ1n) is 18.6. The average molecular weight is 798 g/mol. The summed E-state index contributed by atoms with van der Waals surface area (Å²) in [5.41, 5.74) is 3.70. The lowest BCUT2D eigenvalue weighted by Crippen LogP contribution is -2.69. The second-order valence-electron chi connectivity index (χ2n) is 20.1. The number of ether oxygens (including phenoxy) is 4. The zero-order valence-corrected chi connectivity index (χ0v) is 40.8. The molecule has 3 radical (unpaired) electrons. The largest absolute Gasteiger partial charge is 0.492 e. The van der Waals surface area contributed by atoms with Crippen LogP contribution >= 0.6 is 0 Å². The van der Waals surface area contributed by atoms with E-state index in [-0.39, 0.29) is 27.1 Å². The van der Waals surface area contributed by atoms with Crippen LogP contribution < -0.4 is 9.47 Å². The second kappa shape index (κ2) is 16.2. The Balaban J connectivity index is 3.10. The zero-order chi connectivity index (χ0) is 40.8. The van der Waals surface area contributed by atoms with Crippen LogP contribution in [0.1, 0.15) is 105 Å². The Morgan fingerprint density at radius 3 is 1.46 bits per heavy atom. The molecular formula is C39H73O9Si4. The molecule has 52 heavy (non-hydrogen) atoms. The third kappa shape index (κ3) is 10.0. The molecule has 1 heterocycles. The van der Waals surface area contributed by atoms with Gasteiger partial charge in [0, 0.05) is 5.56 Å². The number of rotatable bonds is 12. The Bertz CT molecular complexity index is 1400. The van der Waals surface area contributed by atoms with E-state index < -0.39 is 61.6 Å². The summed E-state index contributed by atoms with van der Waals surface area (Å²) in [6.45, 7) is 43.9. The van der Waals surface area contributed by atoms with Gasteiger partial charge in [-0.1, -0.05) is 83.1 Å². The monoisotopic (exact) mass is 797 g/mol. The van der Waals surface area contributed by atoms with Gasteiger partial charge in [-0.3, -0.25) is 0 Å². The molecule has 0 aromatic heterocycles. The summed E-state index contributed by atoms with van der Waals surface area (Å²) in [5, 5.41) is -0.481. The van der Waals surface area contributed by atoms with Crippen LogP contribution in [0.4, 0.5) is 0 Å². The summed E-state index contributed by atoms with van der Waals surface area (Å²) in [6, 6.07) is 0. The molecule has 0 saturated carbocycles. The van der Waals surface area contributed by atoms with Crippen molar-refractivity contribution >= 4 is 41.4 Å². The van der Waals surface area contributed by atoms with Crippen molar-refractivity contribution in [3.8, 4) is 11.5 Å². The first-order valence-corrected chi connectivity index (χ1v) is 27.8. The Morgan fingerprint density at radius 1 is 0.673 bits per heavy atom. The van der Waals surface area contributed by atoms with Crippen LogP contribution in [0.3, 0.4) is 0 Å². The van der Waals surface area contributed by atoms with Gasteiger partial charge in [-0.25, -0.2) is 4.79 Å². The molecule has 1 fully saturated rings. The maximum atomic E-state index is 13.9. The highest BCUT2D eigenvalue weighted by atomic mass is 28.4. The van der Waals surface area contributed by atoms with Crippen LogP contribution in [0, 0.1) is 13.8 Å². The van der Waals surface area contributed by atoms with Gasteiger partial charge in [-0.15, -0.1) is 0 Å². The zero-order valence-electron chi connectivity index (χ0n) is 36.8. The minimum atomic E-state index is -2.54. The maximum absolute atomic E-state index is 13.9. The molecule has 1 saturated heterocycles. The molecule has 299 valence electrons. The van der Waals surface area contributed by atoms with E-state index >= 15 is 0 Å². The van der Waals surface area contributed by atoms with E-state index in [1.54, 1.807) is 7.11 Å². The number of benzene rings is 1. The summed E-state index contributed by atoms with van der Waals surface area (Å²) >= 11 is 0. The third-order valence-corrected chi connectivity index (χ3v) is 25.7. The summed E-state index contributed by atoms with van der Waals surface area (Å²) in [5.74, 6) is 0.485. The first kappa shape index (κ1) is 47.1. The fraction of sp³-hybridized carbons (Fsp3) is 0.821. The molecule has 0 amide bonds. The van der Waals surface area contributed by atoms with E-state index in [2.05, 4.69) is 140 Å². The quantitative estimate of drug-likeness (QED) is 0.152. The topological polar surface area (TPSA) is 90.9 Å². The molecule has 1 aliphatic heterocycles. The Hall–Kier alpha value is -1.04. The van der Waals surface area contributed by atoms with Crippen molar-refractivity contribution in [2.75, 3.05) is 14.2 Å². The molecule has 0 aliphatic carbocycles. The van der Waals surface area contributed by atoms with E-state index in [0.29, 0.717) is 11.5 Å². The van der Waals surface area contributed by atoms with Gasteiger partial charge in [0.2, 0.25) is 16.8 Å². The van der Waals surface area contributed by atoms with Gasteiger partial charge in [-0.05, 0) is 90.3 Å². The smallest absolute Gasteiger partial charge is 0.337 e. The maximum Gasteiger partial charge on any atom is 0.337 e. The van der Waals surface area contributed by atoms with Gasteiger partial charge in [0.25, 0.3) is 0 Å². The van der Waals surface area contributed by atoms with Crippen LogP contribution in [0.5, 0.6) is 11.5 Å². The SMILES string of the molecule is COC(=O)[C@H]1O[C@@H](Oc2c(C)c(C)c(C(C)(C)C)c(CO[Si])c2OC)[C@H](O[Si](C)(C)C(C)(C)C)[C@@H](O[Si](C)(C)C(C)(C)C)[C@H]1O[Si](C)(C)C(C)(C)C. The third-order valence-electron chi connectivity index (χ3n) is 12.1. The fourth-order valence-corrected chi connectivity index (χ4v) is 9.87. The molecule has 1 aliphatic rings. The van der Waals surface area contributed by atoms with Gasteiger partial charge in [0.1, 0.15) is 18.3 Å². The molecule has 0 spiro atoms. The molecule has 13 heteroatoms. The molecule has 0 bridgehead atoms. The Labute approximate surface area is 323 Å². The number of hydrogen-bond acceptors (Lipinski definition) is 9. The van der Waals surface area contributed by atoms with Crippen molar-refractivity contribution in [1.29, 1.82) is 0 Å². The molecule has 2 rings (SSSR count). The molecule has 1 aromatic rings. The predicted octanol–water partition coefficient (Wildman–Crippen LogP) is 9.66. The molecule has 1 aromatic carbocycles. The van der Waals surface area contributed by atoms with Gasteiger partial charge >= 0.3 is 5.97 Å². The van der Waals surface area contributed by atoms with Crippen molar-refractivity contribution in [2.24, 2.45) is 0 Å². The van der Waals surface area contributed by atoms with Crippen molar-refractivity contribution in [3.63, 3.8) is 0 Å². The number of carbonyl (C=O) groups excluding carboxylic acids is 1. The first-order chi connectivity index (χ1) is 23.2. The van der Waals surface area contributed by atoms with E-state index in [1.165, 1.54) is 7.11 Å². The van der Waals surface area contributed by atoms with E-state index in [0.717, 1.165) is 22.3 Å². The van der Waals surface area contributed by atoms with Crippen LogP contribution in [-0.2, 0) is 44.0 Å². The van der Waals surface area contributed by atoms with Crippen molar-refractivity contribution in [2.45, 2.75) is 194 Å². The molecule has 0 unspecified atom stereocenters. The number of carbonyl (C=O) groups is 1. The summed E-state index contributed by atoms with van der Waals surface area (Å²) < 4.78 is 53.1. The van der Waals surface area contributed by atoms with Gasteiger partial charge in [-0.2, -0.15) is 0 Å². The summed E-state index contributed by atoms with van der Waals surface area (Å²) in [7, 11) is -1.35. The minimum absolute atomic E-state index is 0.157. The molecule has 0 N–H and O–H groups in total. The predicted molar refractivity (Wildman–Crippen MR) is 219 cm³/mol. The highest BCUT2D eigenvalue weighted by Gasteiger charge is 2.59. The van der Waals surface area contributed by atoms with Crippen LogP contribution in [0.2, 0.25) is 54.4 Å². The lowest BCUT2D eigenvalue weighted by atomic mass is 9.79. The molecular weight excluding hydrogens is 725 g/mol. The number of methoxy groups -OCH3 is 2. The lowest BCUT2D eigenvalue weighted by molar-refractivity contribution is -0.263. The highest BCUT2D eigenvalue weighted by molar-refractivity contribution is 6.75. The van der Waals surface area contributed by atoms with Crippen LogP contribution in [0.15, 0.2) is 0 Å². The molecule has 5 atom stereocenters. The Morgan fingerprint density at radius 2 is 1.10 bits per heavy atom. The van der Waals surface area contributed by atoms with Crippen molar-refractivity contribution in [3.05, 3.63) is 22.3 Å². The van der Waals surface area contributed by atoms with Gasteiger partial charge in [0.05, 0.1) is 20.8 Å². The molecule has 9 nitrogen and oxygen atoms in total. The second-order valence-corrected chi connectivity index (χ2v) is 34.7. The van der Waals surface area contributed by atoms with Crippen molar-refractivity contribution in [1.82, 2.24) is 0 Å². The number of hydrogen-bond donors (Lipinski definition) is 0. The average Bonchev–Trinajstić information content (AvgIpc) is 2.95. The minimum Gasteiger partial charge on any atom is -0.492 e. The van der Waals surface area contributed by atoms with Gasteiger partial charge in [0.15, 0.2) is 42.6 Å². The van der Waals surface area contributed by atoms with Gasteiger partial charge < -0.3 is 36.7 Å². The van der Waals surface area contributed by atoms with E-state index in [9.17, 15) is 4.79 Å². The standard InChI is InChI=1S/C39H73O9Si4/c1-24-25(2)28(29(41-15)26(23-43-49)27(24)36(3,4)5)44-35-33(48-52(21,22)39(12,13)14)31(47-51(19,20)38(9,10)11)30(32(45-35)34(40)42-16)46-50(17,18)37(6,7)8/h30-33,35H,23H2,1-22H3/t30-,31+,32+,33-,35-/m1/s1. The fourth-order valence-electron chi connectivity index (χ4n) is 5.85. The normalized spacial score (nSPS) is 22.7. The highest BCUT2D eigenvalue weighted by Crippen LogP contribution is 2.49. The van der Waals surface area contributed by atoms with E-state index in [1.807, 2.05) is 6.92 Å². The Kier molecular flexibility index (Phi) is 14.7. The summed E-state index contributed by atoms with van der Waals surface area (Å²) in [4.78, 5) is 13.9. The lowest BCUT2D eigenvalue weighted by Gasteiger charge is -2.53. The van der Waals surface area contributed by atoms with E-state index in [4.69, 9.17) is 36.7 Å². The van der Waals surface area contributed by atoms with Crippen LogP contribution in [-0.4, -0.2) is 86.3 Å². The summed E-state index contributed by atoms with van der Waals surface area (Å²) in [6.07, 6.45) is -4.55. The van der Waals surface area contributed by atoms with Crippen LogP contribution in [0.25, 0.3) is 0 Å². The van der Waals surface area contributed by atoms with Crippen molar-refractivity contribution < 1.29 is 41.4 Å².